The van der Waals surface area contributed by atoms with E-state index in [2.05, 4.69) is 12.1 Å². The van der Waals surface area contributed by atoms with E-state index in [0.29, 0.717) is 0 Å². The van der Waals surface area contributed by atoms with Gasteiger partial charge in [0.05, 0.1) is 4.73 Å². The van der Waals surface area contributed by atoms with Crippen LogP contribution in [-0.4, -0.2) is 0 Å². The molecule has 3 nitrogen and oxygen atoms in total. The fraction of sp³-hybridized carbons (Fsp3) is 0. The molecule has 3 aromatic carbocycles. The average Bonchev–Trinajstić information content (AvgIpc) is 2.91. The first-order chi connectivity index (χ1) is 9.92. The molecular formula is C17H12NO2+. The summed E-state index contributed by atoms with van der Waals surface area (Å²) in [7, 11) is 0. The Labute approximate surface area is 115 Å². The van der Waals surface area contributed by atoms with Crippen molar-refractivity contribution in [3.05, 3.63) is 73.1 Å². The van der Waals surface area contributed by atoms with Crippen molar-refractivity contribution in [3.8, 4) is 5.75 Å². The van der Waals surface area contributed by atoms with Crippen molar-refractivity contribution in [3.63, 3.8) is 0 Å². The van der Waals surface area contributed by atoms with Crippen molar-refractivity contribution in [2.24, 2.45) is 0 Å². The van der Waals surface area contributed by atoms with Gasteiger partial charge in [0.2, 0.25) is 11.3 Å². The lowest BCUT2D eigenvalue weighted by molar-refractivity contribution is -0.857. The fourth-order valence-electron chi connectivity index (χ4n) is 2.35. The molecule has 1 aromatic heterocycles. The predicted octanol–water partition coefficient (Wildman–Crippen LogP) is 3.72. The summed E-state index contributed by atoms with van der Waals surface area (Å²) in [4.78, 5) is 5.97. The van der Waals surface area contributed by atoms with E-state index in [4.69, 9.17) is 9.25 Å². The highest BCUT2D eigenvalue weighted by Crippen LogP contribution is 2.24. The van der Waals surface area contributed by atoms with E-state index in [0.717, 1.165) is 27.6 Å². The smallest absolute Gasteiger partial charge is 0.386 e. The third-order valence-electron chi connectivity index (χ3n) is 3.32. The second-order valence-electron chi connectivity index (χ2n) is 4.59. The van der Waals surface area contributed by atoms with E-state index in [-0.39, 0.29) is 0 Å². The molecule has 1 heterocycles. The summed E-state index contributed by atoms with van der Waals surface area (Å²) in [6, 6.07) is 21.9. The van der Waals surface area contributed by atoms with Crippen LogP contribution in [0.1, 0.15) is 0 Å². The van der Waals surface area contributed by atoms with Crippen molar-refractivity contribution in [2.75, 3.05) is 0 Å². The number of rotatable bonds is 2. The third kappa shape index (κ3) is 1.72. The molecule has 0 saturated heterocycles. The van der Waals surface area contributed by atoms with Crippen LogP contribution in [0.25, 0.3) is 21.9 Å². The summed E-state index contributed by atoms with van der Waals surface area (Å²) in [6.07, 6.45) is 1.58. The van der Waals surface area contributed by atoms with Gasteiger partial charge in [-0.15, -0.1) is 0 Å². The van der Waals surface area contributed by atoms with Gasteiger partial charge in [0.15, 0.2) is 0 Å². The van der Waals surface area contributed by atoms with Crippen molar-refractivity contribution < 1.29 is 14.0 Å². The Balaban J connectivity index is 1.85. The van der Waals surface area contributed by atoms with E-state index in [1.165, 1.54) is 0 Å². The van der Waals surface area contributed by atoms with Crippen LogP contribution in [0.15, 0.2) is 77.5 Å². The van der Waals surface area contributed by atoms with Gasteiger partial charge in [0.25, 0.3) is 0 Å². The van der Waals surface area contributed by atoms with Gasteiger partial charge in [-0.25, -0.2) is 4.84 Å². The highest BCUT2D eigenvalue weighted by molar-refractivity contribution is 5.88. The molecule has 0 atom stereocenters. The Kier molecular flexibility index (Phi) is 2.42. The quantitative estimate of drug-likeness (QED) is 0.515. The van der Waals surface area contributed by atoms with Gasteiger partial charge in [-0.2, -0.15) is 0 Å². The Morgan fingerprint density at radius 2 is 1.60 bits per heavy atom. The number of nitrogens with zero attached hydrogens (tertiary/aromatic N) is 1. The van der Waals surface area contributed by atoms with Crippen LogP contribution in [0.3, 0.4) is 0 Å². The fourth-order valence-corrected chi connectivity index (χ4v) is 2.35. The molecule has 0 amide bonds. The van der Waals surface area contributed by atoms with Gasteiger partial charge >= 0.3 is 11.9 Å². The molecule has 0 aliphatic rings. The van der Waals surface area contributed by atoms with E-state index < -0.39 is 0 Å². The standard InChI is InChI=1S/C17H12NO2/c1-2-8-14-13(6-1)7-5-11-16(14)20-18-12-19-17-10-4-3-9-15(17)18/h1-12H/q+1. The average molecular weight is 262 g/mol. The SMILES string of the molecule is c1ccc2c(O[n+]3coc4ccccc43)cccc2c1. The molecule has 0 saturated carbocycles. The maximum Gasteiger partial charge on any atom is 0.386 e. The Morgan fingerprint density at radius 3 is 2.60 bits per heavy atom. The largest absolute Gasteiger partial charge is 0.400 e. The van der Waals surface area contributed by atoms with E-state index >= 15 is 0 Å². The molecule has 3 heteroatoms. The van der Waals surface area contributed by atoms with E-state index in [1.54, 1.807) is 11.1 Å². The van der Waals surface area contributed by atoms with Crippen LogP contribution in [0.2, 0.25) is 0 Å². The number of para-hydroxylation sites is 2. The lowest BCUT2D eigenvalue weighted by Gasteiger charge is -2.01. The first kappa shape index (κ1) is 11.1. The second kappa shape index (κ2) is 4.38. The predicted molar refractivity (Wildman–Crippen MR) is 76.4 cm³/mol. The Hall–Kier alpha value is -2.81. The van der Waals surface area contributed by atoms with Gasteiger partial charge < -0.3 is 4.42 Å². The Morgan fingerprint density at radius 1 is 0.800 bits per heavy atom. The summed E-state index contributed by atoms with van der Waals surface area (Å²) in [6.45, 7) is 0. The normalized spacial score (nSPS) is 11.0. The highest BCUT2D eigenvalue weighted by Gasteiger charge is 2.16. The topological polar surface area (TPSA) is 26.2 Å². The monoisotopic (exact) mass is 262 g/mol. The highest BCUT2D eigenvalue weighted by atomic mass is 16.7. The minimum atomic E-state index is 0.799. The van der Waals surface area contributed by atoms with Gasteiger partial charge in [-0.3, -0.25) is 0 Å². The summed E-state index contributed by atoms with van der Waals surface area (Å²) in [5.41, 5.74) is 1.70. The van der Waals surface area contributed by atoms with Crippen LogP contribution < -0.4 is 9.57 Å². The molecular weight excluding hydrogens is 250 g/mol. The van der Waals surface area contributed by atoms with Crippen LogP contribution in [-0.2, 0) is 0 Å². The summed E-state index contributed by atoms with van der Waals surface area (Å²) < 4.78 is 7.12. The molecule has 0 radical (unpaired) electrons. The van der Waals surface area contributed by atoms with Gasteiger partial charge in [-0.1, -0.05) is 48.5 Å². The van der Waals surface area contributed by atoms with Crippen LogP contribution in [0.5, 0.6) is 5.75 Å². The maximum absolute atomic E-state index is 5.97. The molecule has 4 rings (SSSR count). The number of hydrogen-bond acceptors (Lipinski definition) is 2. The van der Waals surface area contributed by atoms with Crippen molar-refractivity contribution in [1.82, 2.24) is 0 Å². The zero-order chi connectivity index (χ0) is 13.4. The molecule has 4 aromatic rings. The summed E-state index contributed by atoms with van der Waals surface area (Å²) in [5, 5.41) is 2.23. The first-order valence-electron chi connectivity index (χ1n) is 6.46. The second-order valence-corrected chi connectivity index (χ2v) is 4.59. The van der Waals surface area contributed by atoms with Crippen molar-refractivity contribution in [1.29, 1.82) is 0 Å². The van der Waals surface area contributed by atoms with Crippen LogP contribution in [0, 0.1) is 0 Å². The molecule has 0 fully saturated rings. The minimum Gasteiger partial charge on any atom is -0.400 e. The lowest BCUT2D eigenvalue weighted by Crippen LogP contribution is -2.37. The number of aromatic nitrogens is 1. The van der Waals surface area contributed by atoms with Crippen LogP contribution >= 0.6 is 0 Å². The minimum absolute atomic E-state index is 0.799. The van der Waals surface area contributed by atoms with Gasteiger partial charge in [0.1, 0.15) is 0 Å². The molecule has 0 spiro atoms. The zero-order valence-electron chi connectivity index (χ0n) is 10.7. The molecule has 0 N–H and O–H groups in total. The first-order valence-corrected chi connectivity index (χ1v) is 6.46. The number of fused-ring (bicyclic) bond motifs is 2. The van der Waals surface area contributed by atoms with Crippen LogP contribution in [0.4, 0.5) is 0 Å². The third-order valence-corrected chi connectivity index (χ3v) is 3.32. The van der Waals surface area contributed by atoms with Crippen molar-refractivity contribution >= 4 is 21.9 Å². The molecule has 0 unspecified atom stereocenters. The van der Waals surface area contributed by atoms with E-state index in [1.807, 2.05) is 54.6 Å². The lowest BCUT2D eigenvalue weighted by atomic mass is 10.1. The molecule has 0 aliphatic heterocycles. The van der Waals surface area contributed by atoms with Gasteiger partial charge in [-0.05, 0) is 17.5 Å². The zero-order valence-corrected chi connectivity index (χ0v) is 10.7. The number of benzene rings is 3. The number of hydrogen-bond donors (Lipinski definition) is 0. The maximum atomic E-state index is 5.97. The van der Waals surface area contributed by atoms with E-state index in [9.17, 15) is 0 Å². The summed E-state index contributed by atoms with van der Waals surface area (Å²) >= 11 is 0. The number of oxazole rings is 1. The summed E-state index contributed by atoms with van der Waals surface area (Å²) in [5.74, 6) is 0.805. The van der Waals surface area contributed by atoms with Gasteiger partial charge in [0, 0.05) is 11.5 Å². The molecule has 20 heavy (non-hydrogen) atoms. The molecule has 96 valence electrons. The molecule has 0 bridgehead atoms. The molecule has 0 aliphatic carbocycles. The Bertz CT molecular complexity index is 890. The van der Waals surface area contributed by atoms with Crippen molar-refractivity contribution in [2.45, 2.75) is 0 Å².